The number of likely N-dealkylation sites (tertiary alicyclic amines) is 1. The number of hydrogen-bond acceptors (Lipinski definition) is 7. The van der Waals surface area contributed by atoms with E-state index in [2.05, 4.69) is 6.92 Å². The highest BCUT2D eigenvalue weighted by atomic mass is 16.6. The predicted octanol–water partition coefficient (Wildman–Crippen LogP) is 3.65. The SMILES string of the molecule is CCCCN1CC=C[C@]23O[C@@H]4/C=C\CCC(=O)N(C)[C@H](C)[C@@H](c5ccccc5)OC(=O)[C@@H]4[C@H]2C(=O)N([C@@H](CO)CC(C)C)[C@@H]3C1=O. The molecule has 5 rings (SSSR count). The number of allylic oxidation sites excluding steroid dienone is 1. The van der Waals surface area contributed by atoms with Crippen molar-refractivity contribution < 1.29 is 33.8 Å². The van der Waals surface area contributed by atoms with Crippen LogP contribution >= 0.6 is 0 Å². The number of nitrogens with zero attached hydrogens (tertiary/aromatic N) is 3. The van der Waals surface area contributed by atoms with Crippen LogP contribution in [0.15, 0.2) is 54.6 Å². The Bertz CT molecular complexity index is 1350. The minimum Gasteiger partial charge on any atom is -0.455 e. The lowest BCUT2D eigenvalue weighted by Crippen LogP contribution is -2.58. The molecule has 10 heteroatoms. The van der Waals surface area contributed by atoms with Gasteiger partial charge in [0.15, 0.2) is 0 Å². The summed E-state index contributed by atoms with van der Waals surface area (Å²) in [4.78, 5) is 61.7. The molecule has 0 unspecified atom stereocenters. The summed E-state index contributed by atoms with van der Waals surface area (Å²) in [6.45, 7) is 8.50. The van der Waals surface area contributed by atoms with Crippen LogP contribution in [-0.4, -0.2) is 100 Å². The summed E-state index contributed by atoms with van der Waals surface area (Å²) in [5, 5.41) is 10.6. The Morgan fingerprint density at radius 1 is 1.07 bits per heavy atom. The predicted molar refractivity (Wildman–Crippen MR) is 172 cm³/mol. The number of hydrogen-bond donors (Lipinski definition) is 1. The first-order chi connectivity index (χ1) is 22.0. The van der Waals surface area contributed by atoms with Gasteiger partial charge in [0, 0.05) is 26.6 Å². The molecule has 3 amide bonds. The van der Waals surface area contributed by atoms with E-state index in [9.17, 15) is 24.3 Å². The molecule has 1 spiro atoms. The van der Waals surface area contributed by atoms with Gasteiger partial charge in [-0.05, 0) is 37.7 Å². The highest BCUT2D eigenvalue weighted by Gasteiger charge is 2.72. The smallest absolute Gasteiger partial charge is 0.313 e. The quantitative estimate of drug-likeness (QED) is 0.343. The Balaban J connectivity index is 1.63. The number of carbonyl (C=O) groups is 4. The van der Waals surface area contributed by atoms with Crippen LogP contribution in [0.5, 0.6) is 0 Å². The van der Waals surface area contributed by atoms with Crippen molar-refractivity contribution in [2.24, 2.45) is 17.8 Å². The fourth-order valence-corrected chi connectivity index (χ4v) is 7.64. The minimum absolute atomic E-state index is 0.0791. The van der Waals surface area contributed by atoms with Gasteiger partial charge in [-0.2, -0.15) is 0 Å². The van der Waals surface area contributed by atoms with Gasteiger partial charge in [-0.15, -0.1) is 0 Å². The first-order valence-corrected chi connectivity index (χ1v) is 16.8. The fourth-order valence-electron chi connectivity index (χ4n) is 7.64. The van der Waals surface area contributed by atoms with Crippen LogP contribution in [0.2, 0.25) is 0 Å². The van der Waals surface area contributed by atoms with E-state index in [-0.39, 0.29) is 36.7 Å². The third-order valence-electron chi connectivity index (χ3n) is 10.1. The van der Waals surface area contributed by atoms with Crippen LogP contribution in [0.25, 0.3) is 0 Å². The van der Waals surface area contributed by atoms with E-state index in [4.69, 9.17) is 9.47 Å². The van der Waals surface area contributed by atoms with Gasteiger partial charge in [0.2, 0.25) is 17.7 Å². The van der Waals surface area contributed by atoms with Gasteiger partial charge in [0.1, 0.15) is 23.7 Å². The van der Waals surface area contributed by atoms with Crippen LogP contribution < -0.4 is 0 Å². The number of fused-ring (bicyclic) bond motifs is 2. The molecule has 1 aromatic carbocycles. The molecule has 2 saturated heterocycles. The van der Waals surface area contributed by atoms with Crippen molar-refractivity contribution in [1.82, 2.24) is 14.7 Å². The molecule has 0 aromatic heterocycles. The molecule has 0 radical (unpaired) electrons. The van der Waals surface area contributed by atoms with Crippen molar-refractivity contribution in [2.75, 3.05) is 26.7 Å². The maximum atomic E-state index is 14.7. The number of aliphatic hydroxyl groups excluding tert-OH is 1. The molecule has 4 aliphatic rings. The molecule has 4 heterocycles. The van der Waals surface area contributed by atoms with Crippen molar-refractivity contribution in [1.29, 1.82) is 0 Å². The third-order valence-corrected chi connectivity index (χ3v) is 10.1. The van der Waals surface area contributed by atoms with Gasteiger partial charge >= 0.3 is 5.97 Å². The molecule has 0 bridgehead atoms. The molecule has 2 fully saturated rings. The van der Waals surface area contributed by atoms with Crippen molar-refractivity contribution >= 4 is 23.7 Å². The second kappa shape index (κ2) is 14.1. The molecule has 46 heavy (non-hydrogen) atoms. The van der Waals surface area contributed by atoms with Crippen molar-refractivity contribution in [2.45, 2.75) is 95.7 Å². The van der Waals surface area contributed by atoms with E-state index in [0.717, 1.165) is 18.4 Å². The number of unbranched alkanes of at least 4 members (excludes halogenated alkanes) is 1. The number of aliphatic hydroxyl groups is 1. The zero-order valence-electron chi connectivity index (χ0n) is 27.7. The van der Waals surface area contributed by atoms with Crippen molar-refractivity contribution in [3.8, 4) is 0 Å². The van der Waals surface area contributed by atoms with Crippen LogP contribution in [0.3, 0.4) is 0 Å². The van der Waals surface area contributed by atoms with Crippen LogP contribution in [0, 0.1) is 17.8 Å². The summed E-state index contributed by atoms with van der Waals surface area (Å²) in [6.07, 6.45) is 8.47. The first-order valence-electron chi connectivity index (χ1n) is 16.8. The first kappa shape index (κ1) is 33.9. The normalized spacial score (nSPS) is 33.2. The molecule has 8 atom stereocenters. The summed E-state index contributed by atoms with van der Waals surface area (Å²) in [5.74, 6) is -3.27. The Morgan fingerprint density at radius 2 is 1.80 bits per heavy atom. The maximum Gasteiger partial charge on any atom is 0.313 e. The third kappa shape index (κ3) is 6.13. The molecular weight excluding hydrogens is 586 g/mol. The van der Waals surface area contributed by atoms with Gasteiger partial charge in [-0.1, -0.05) is 81.8 Å². The molecular formula is C36H49N3O7. The van der Waals surface area contributed by atoms with E-state index in [0.29, 0.717) is 25.9 Å². The second-order valence-corrected chi connectivity index (χ2v) is 13.6. The van der Waals surface area contributed by atoms with Crippen LogP contribution in [0.1, 0.15) is 71.5 Å². The summed E-state index contributed by atoms with van der Waals surface area (Å²) < 4.78 is 13.1. The van der Waals surface area contributed by atoms with Gasteiger partial charge < -0.3 is 29.3 Å². The summed E-state index contributed by atoms with van der Waals surface area (Å²) >= 11 is 0. The maximum absolute atomic E-state index is 14.7. The second-order valence-electron chi connectivity index (χ2n) is 13.6. The lowest BCUT2D eigenvalue weighted by molar-refractivity contribution is -0.164. The lowest BCUT2D eigenvalue weighted by Gasteiger charge is -2.39. The molecule has 4 aliphatic heterocycles. The largest absolute Gasteiger partial charge is 0.455 e. The number of cyclic esters (lactones) is 1. The highest BCUT2D eigenvalue weighted by Crippen LogP contribution is 2.54. The zero-order valence-corrected chi connectivity index (χ0v) is 27.7. The van der Waals surface area contributed by atoms with Crippen LogP contribution in [-0.2, 0) is 28.7 Å². The van der Waals surface area contributed by atoms with Gasteiger partial charge in [-0.3, -0.25) is 19.2 Å². The lowest BCUT2D eigenvalue weighted by atomic mass is 9.77. The Kier molecular flexibility index (Phi) is 10.4. The molecule has 10 nitrogen and oxygen atoms in total. The number of esters is 1. The van der Waals surface area contributed by atoms with E-state index < -0.39 is 53.7 Å². The zero-order chi connectivity index (χ0) is 33.2. The Morgan fingerprint density at radius 3 is 2.48 bits per heavy atom. The molecule has 1 aromatic rings. The van der Waals surface area contributed by atoms with Crippen LogP contribution in [0.4, 0.5) is 0 Å². The number of ether oxygens (including phenoxy) is 2. The Hall–Kier alpha value is -3.50. The monoisotopic (exact) mass is 635 g/mol. The summed E-state index contributed by atoms with van der Waals surface area (Å²) in [7, 11) is 1.71. The number of amides is 3. The summed E-state index contributed by atoms with van der Waals surface area (Å²) in [6, 6.07) is 7.13. The van der Waals surface area contributed by atoms with Gasteiger partial charge in [-0.25, -0.2) is 0 Å². The van der Waals surface area contributed by atoms with Gasteiger partial charge in [0.05, 0.1) is 30.7 Å². The molecule has 250 valence electrons. The van der Waals surface area contributed by atoms with E-state index in [1.807, 2.05) is 69.3 Å². The molecule has 0 saturated carbocycles. The molecule has 0 aliphatic carbocycles. The average Bonchev–Trinajstić information content (AvgIpc) is 3.44. The number of rotatable bonds is 8. The van der Waals surface area contributed by atoms with Crippen molar-refractivity contribution in [3.05, 3.63) is 60.2 Å². The number of likely N-dealkylation sites (N-methyl/N-ethyl adjacent to an activating group) is 1. The molecule has 1 N–H and O–H groups in total. The van der Waals surface area contributed by atoms with Crippen molar-refractivity contribution in [3.63, 3.8) is 0 Å². The highest BCUT2D eigenvalue weighted by molar-refractivity contribution is 5.99. The van der Waals surface area contributed by atoms with Gasteiger partial charge in [0.25, 0.3) is 0 Å². The number of benzene rings is 1. The fraction of sp³-hybridized carbons (Fsp3) is 0.611. The van der Waals surface area contributed by atoms with E-state index in [1.54, 1.807) is 22.9 Å². The number of carbonyl (C=O) groups excluding carboxylic acids is 4. The Labute approximate surface area is 272 Å². The minimum atomic E-state index is -1.43. The topological polar surface area (TPSA) is 117 Å². The summed E-state index contributed by atoms with van der Waals surface area (Å²) in [5.41, 5.74) is -0.704. The standard InChI is InChI=1S/C36H49N3O7/c1-6-7-19-38-20-13-18-36-30(33(42)39(32(36)34(38)43)26(22-40)21-23(2)3)29-27(46-36)16-11-12-17-28(41)37(5)24(4)31(45-35(29)44)25-14-9-8-10-15-25/h8-11,13-16,18,23-24,26-27,29-32,40H,6-7,12,17,19-22H2,1-5H3/b16-11-/t24-,26-,27-,29+,30+,31+,32-,36+/m1/s1. The van der Waals surface area contributed by atoms with E-state index in [1.165, 1.54) is 4.90 Å². The average molecular weight is 636 g/mol. The van der Waals surface area contributed by atoms with E-state index >= 15 is 0 Å².